The van der Waals surface area contributed by atoms with Crippen molar-refractivity contribution in [3.8, 4) is 0 Å². The highest BCUT2D eigenvalue weighted by Gasteiger charge is 2.41. The molecule has 0 aliphatic heterocycles. The molecule has 0 bridgehead atoms. The Bertz CT molecular complexity index is 544. The van der Waals surface area contributed by atoms with Crippen molar-refractivity contribution < 1.29 is 9.59 Å². The van der Waals surface area contributed by atoms with Gasteiger partial charge >= 0.3 is 6.03 Å². The van der Waals surface area contributed by atoms with Crippen molar-refractivity contribution >= 4 is 23.3 Å². The molecule has 3 amide bonds. The number of carbonyl (C=O) groups is 2. The molecule has 7 heteroatoms. The largest absolute Gasteiger partial charge is 0.368 e. The molecule has 122 valence electrons. The van der Waals surface area contributed by atoms with E-state index in [-0.39, 0.29) is 12.1 Å². The van der Waals surface area contributed by atoms with Crippen molar-refractivity contribution in [2.75, 3.05) is 0 Å². The van der Waals surface area contributed by atoms with Gasteiger partial charge in [-0.1, -0.05) is 19.8 Å². The Morgan fingerprint density at radius 3 is 2.45 bits per heavy atom. The van der Waals surface area contributed by atoms with Crippen LogP contribution >= 0.6 is 11.3 Å². The van der Waals surface area contributed by atoms with Crippen LogP contribution in [-0.4, -0.2) is 22.5 Å². The predicted octanol–water partition coefficient (Wildman–Crippen LogP) is 2.31. The van der Waals surface area contributed by atoms with E-state index in [4.69, 9.17) is 5.73 Å². The van der Waals surface area contributed by atoms with E-state index in [1.165, 1.54) is 0 Å². The molecule has 1 aromatic rings. The first-order chi connectivity index (χ1) is 10.4. The van der Waals surface area contributed by atoms with Crippen molar-refractivity contribution in [3.05, 3.63) is 15.6 Å². The standard InChI is InChI=1S/C15H24N4O2S/c1-4-11(12-17-9(2)10(3)22-12)18-14(21)19-15(13(16)20)7-5-6-8-15/h11H,4-8H2,1-3H3,(H2,16,20)(H2,18,19,21)/t11-/m1/s1. The second-order valence-corrected chi connectivity index (χ2v) is 7.14. The summed E-state index contributed by atoms with van der Waals surface area (Å²) in [7, 11) is 0. The van der Waals surface area contributed by atoms with E-state index >= 15 is 0 Å². The summed E-state index contributed by atoms with van der Waals surface area (Å²) in [6.45, 7) is 5.98. The predicted molar refractivity (Wildman–Crippen MR) is 86.7 cm³/mol. The van der Waals surface area contributed by atoms with Crippen LogP contribution in [0.2, 0.25) is 0 Å². The molecule has 22 heavy (non-hydrogen) atoms. The number of hydrogen-bond donors (Lipinski definition) is 3. The Morgan fingerprint density at radius 1 is 1.36 bits per heavy atom. The highest BCUT2D eigenvalue weighted by molar-refractivity contribution is 7.11. The fourth-order valence-corrected chi connectivity index (χ4v) is 3.87. The number of rotatable bonds is 5. The Morgan fingerprint density at radius 2 is 2.00 bits per heavy atom. The molecule has 1 atom stereocenters. The average molecular weight is 324 g/mol. The molecular weight excluding hydrogens is 300 g/mol. The zero-order chi connectivity index (χ0) is 16.3. The minimum Gasteiger partial charge on any atom is -0.368 e. The third-order valence-corrected chi connectivity index (χ3v) is 5.52. The molecule has 0 spiro atoms. The third kappa shape index (κ3) is 3.40. The number of urea groups is 1. The van der Waals surface area contributed by atoms with E-state index in [0.29, 0.717) is 12.8 Å². The number of nitrogens with two attached hydrogens (primary N) is 1. The lowest BCUT2D eigenvalue weighted by Crippen LogP contribution is -2.58. The van der Waals surface area contributed by atoms with E-state index in [2.05, 4.69) is 15.6 Å². The molecule has 0 radical (unpaired) electrons. The number of carbonyl (C=O) groups excluding carboxylic acids is 2. The molecular formula is C15H24N4O2S. The summed E-state index contributed by atoms with van der Waals surface area (Å²) in [5.74, 6) is -0.450. The van der Waals surface area contributed by atoms with Gasteiger partial charge in [0.15, 0.2) is 0 Å². The number of primary amides is 1. The summed E-state index contributed by atoms with van der Waals surface area (Å²) in [5, 5.41) is 6.62. The molecule has 6 nitrogen and oxygen atoms in total. The fourth-order valence-electron chi connectivity index (χ4n) is 2.81. The van der Waals surface area contributed by atoms with Gasteiger partial charge in [-0.25, -0.2) is 9.78 Å². The average Bonchev–Trinajstić information content (AvgIpc) is 3.05. The van der Waals surface area contributed by atoms with Gasteiger partial charge in [0.25, 0.3) is 0 Å². The van der Waals surface area contributed by atoms with E-state index in [1.807, 2.05) is 20.8 Å². The van der Waals surface area contributed by atoms with Crippen LogP contribution in [0.4, 0.5) is 4.79 Å². The summed E-state index contributed by atoms with van der Waals surface area (Å²) in [5.41, 5.74) is 5.59. The Kier molecular flexibility index (Phi) is 5.05. The minimum atomic E-state index is -0.892. The molecule has 1 fully saturated rings. The summed E-state index contributed by atoms with van der Waals surface area (Å²) >= 11 is 1.59. The van der Waals surface area contributed by atoms with Crippen LogP contribution in [-0.2, 0) is 4.79 Å². The van der Waals surface area contributed by atoms with Crippen molar-refractivity contribution in [1.29, 1.82) is 0 Å². The van der Waals surface area contributed by atoms with Crippen molar-refractivity contribution in [2.45, 2.75) is 64.5 Å². The lowest BCUT2D eigenvalue weighted by Gasteiger charge is -2.27. The zero-order valence-electron chi connectivity index (χ0n) is 13.4. The van der Waals surface area contributed by atoms with Crippen LogP contribution in [0, 0.1) is 13.8 Å². The maximum atomic E-state index is 12.3. The lowest BCUT2D eigenvalue weighted by atomic mass is 9.97. The van der Waals surface area contributed by atoms with Crippen molar-refractivity contribution in [1.82, 2.24) is 15.6 Å². The van der Waals surface area contributed by atoms with Gasteiger partial charge in [0.1, 0.15) is 10.5 Å². The molecule has 0 aromatic carbocycles. The first-order valence-corrected chi connectivity index (χ1v) is 8.52. The molecule has 1 saturated carbocycles. The van der Waals surface area contributed by atoms with Gasteiger partial charge < -0.3 is 16.4 Å². The number of nitrogens with zero attached hydrogens (tertiary/aromatic N) is 1. The van der Waals surface area contributed by atoms with Crippen LogP contribution < -0.4 is 16.4 Å². The highest BCUT2D eigenvalue weighted by Crippen LogP contribution is 2.30. The van der Waals surface area contributed by atoms with Gasteiger partial charge in [-0.2, -0.15) is 0 Å². The maximum Gasteiger partial charge on any atom is 0.316 e. The molecule has 4 N–H and O–H groups in total. The van der Waals surface area contributed by atoms with Crippen LogP contribution in [0.3, 0.4) is 0 Å². The number of thiazole rings is 1. The van der Waals surface area contributed by atoms with E-state index in [9.17, 15) is 9.59 Å². The van der Waals surface area contributed by atoms with Crippen molar-refractivity contribution in [3.63, 3.8) is 0 Å². The van der Waals surface area contributed by atoms with Crippen LogP contribution in [0.15, 0.2) is 0 Å². The van der Waals surface area contributed by atoms with E-state index < -0.39 is 11.4 Å². The Balaban J connectivity index is 2.04. The monoisotopic (exact) mass is 324 g/mol. The Labute approximate surface area is 134 Å². The number of hydrogen-bond acceptors (Lipinski definition) is 4. The quantitative estimate of drug-likeness (QED) is 0.775. The summed E-state index contributed by atoms with van der Waals surface area (Å²) in [6, 6.07) is -0.498. The number of nitrogens with one attached hydrogen (secondary N) is 2. The van der Waals surface area contributed by atoms with Gasteiger partial charge in [-0.05, 0) is 33.1 Å². The van der Waals surface area contributed by atoms with Gasteiger partial charge in [-0.3, -0.25) is 4.79 Å². The van der Waals surface area contributed by atoms with Crippen LogP contribution in [0.25, 0.3) is 0 Å². The Hall–Kier alpha value is -1.63. The fraction of sp³-hybridized carbons (Fsp3) is 0.667. The normalized spacial score (nSPS) is 18.0. The maximum absolute atomic E-state index is 12.3. The number of aromatic nitrogens is 1. The van der Waals surface area contributed by atoms with Gasteiger partial charge in [0.2, 0.25) is 5.91 Å². The molecule has 2 rings (SSSR count). The first-order valence-electron chi connectivity index (χ1n) is 7.70. The van der Waals surface area contributed by atoms with Crippen molar-refractivity contribution in [2.24, 2.45) is 5.73 Å². The highest BCUT2D eigenvalue weighted by atomic mass is 32.1. The third-order valence-electron chi connectivity index (χ3n) is 4.34. The van der Waals surface area contributed by atoms with Gasteiger partial charge in [0.05, 0.1) is 11.7 Å². The SMILES string of the molecule is CC[C@@H](NC(=O)NC1(C(N)=O)CCCC1)c1nc(C)c(C)s1. The molecule has 0 unspecified atom stereocenters. The number of aryl methyl sites for hydroxylation is 2. The second-order valence-electron chi connectivity index (χ2n) is 5.91. The van der Waals surface area contributed by atoms with E-state index in [0.717, 1.165) is 34.8 Å². The molecule has 1 aliphatic rings. The topological polar surface area (TPSA) is 97.1 Å². The van der Waals surface area contributed by atoms with Crippen LogP contribution in [0.1, 0.15) is 60.6 Å². The molecule has 0 saturated heterocycles. The summed E-state index contributed by atoms with van der Waals surface area (Å²) < 4.78 is 0. The lowest BCUT2D eigenvalue weighted by molar-refractivity contribution is -0.123. The van der Waals surface area contributed by atoms with E-state index in [1.54, 1.807) is 11.3 Å². The molecule has 1 aliphatic carbocycles. The minimum absolute atomic E-state index is 0.149. The molecule has 1 aromatic heterocycles. The number of amides is 3. The molecule has 1 heterocycles. The summed E-state index contributed by atoms with van der Waals surface area (Å²) in [6.07, 6.45) is 3.78. The zero-order valence-corrected chi connectivity index (χ0v) is 14.2. The first kappa shape index (κ1) is 16.7. The summed E-state index contributed by atoms with van der Waals surface area (Å²) in [4.78, 5) is 29.6. The second kappa shape index (κ2) is 6.64. The van der Waals surface area contributed by atoms with Gasteiger partial charge in [0, 0.05) is 4.88 Å². The van der Waals surface area contributed by atoms with Gasteiger partial charge in [-0.15, -0.1) is 11.3 Å². The smallest absolute Gasteiger partial charge is 0.316 e. The van der Waals surface area contributed by atoms with Crippen LogP contribution in [0.5, 0.6) is 0 Å².